The van der Waals surface area contributed by atoms with Crippen LogP contribution in [0.15, 0.2) is 24.3 Å². The Kier molecular flexibility index (Phi) is 7.40. The van der Waals surface area contributed by atoms with Gasteiger partial charge in [-0.2, -0.15) is 8.78 Å². The van der Waals surface area contributed by atoms with Gasteiger partial charge in [0.1, 0.15) is 5.75 Å². The molecule has 1 aromatic carbocycles. The molecule has 0 aromatic heterocycles. The number of likely N-dealkylation sites (N-methyl/N-ethyl adjacent to an activating group) is 1. The minimum atomic E-state index is -2.86. The first kappa shape index (κ1) is 18.8. The number of alkyl halides is 2. The van der Waals surface area contributed by atoms with Crippen molar-refractivity contribution in [3.05, 3.63) is 29.8 Å². The van der Waals surface area contributed by atoms with E-state index in [-0.39, 0.29) is 5.75 Å². The minimum Gasteiger partial charge on any atom is -0.435 e. The minimum absolute atomic E-state index is 0.0773. The molecule has 8 heteroatoms. The highest BCUT2D eigenvalue weighted by molar-refractivity contribution is 5.96. The van der Waals surface area contributed by atoms with Crippen LogP contribution in [0.4, 0.5) is 13.6 Å². The van der Waals surface area contributed by atoms with Gasteiger partial charge in [-0.05, 0) is 38.6 Å². The van der Waals surface area contributed by atoms with Crippen LogP contribution in [0.2, 0.25) is 0 Å². The standard InChI is InChI=1S/C15H21F2N3O3/c1-4-18-15(22)19-13(21)10(2)20(3)9-11-5-7-12(8-6-11)23-14(16)17/h5-8,10,14H,4,9H2,1-3H3,(H2,18,19,21,22). The van der Waals surface area contributed by atoms with E-state index in [1.807, 2.05) is 0 Å². The third-order valence-corrected chi connectivity index (χ3v) is 3.20. The summed E-state index contributed by atoms with van der Waals surface area (Å²) in [4.78, 5) is 25.0. The smallest absolute Gasteiger partial charge is 0.387 e. The van der Waals surface area contributed by atoms with Gasteiger partial charge in [-0.25, -0.2) is 4.79 Å². The first-order valence-electron chi connectivity index (χ1n) is 7.16. The van der Waals surface area contributed by atoms with Crippen LogP contribution in [0.5, 0.6) is 5.75 Å². The van der Waals surface area contributed by atoms with Crippen molar-refractivity contribution in [2.75, 3.05) is 13.6 Å². The van der Waals surface area contributed by atoms with E-state index in [1.165, 1.54) is 12.1 Å². The van der Waals surface area contributed by atoms with E-state index in [9.17, 15) is 18.4 Å². The van der Waals surface area contributed by atoms with Crippen LogP contribution in [0.1, 0.15) is 19.4 Å². The molecule has 0 bridgehead atoms. The summed E-state index contributed by atoms with van der Waals surface area (Å²) in [6.45, 7) is 1.40. The molecule has 0 fully saturated rings. The van der Waals surface area contributed by atoms with Gasteiger partial charge in [0.15, 0.2) is 0 Å². The molecular weight excluding hydrogens is 308 g/mol. The van der Waals surface area contributed by atoms with Crippen molar-refractivity contribution in [1.82, 2.24) is 15.5 Å². The molecule has 1 atom stereocenters. The number of rotatable bonds is 7. The van der Waals surface area contributed by atoms with Gasteiger partial charge in [0.2, 0.25) is 5.91 Å². The summed E-state index contributed by atoms with van der Waals surface area (Å²) in [6.07, 6.45) is 0. The number of hydrogen-bond donors (Lipinski definition) is 2. The van der Waals surface area contributed by atoms with Crippen molar-refractivity contribution in [3.8, 4) is 5.75 Å². The Hall–Kier alpha value is -2.22. The zero-order valence-electron chi connectivity index (χ0n) is 13.3. The van der Waals surface area contributed by atoms with Crippen LogP contribution in [0.3, 0.4) is 0 Å². The molecule has 128 valence electrons. The average Bonchev–Trinajstić information content (AvgIpc) is 2.48. The van der Waals surface area contributed by atoms with Crippen molar-refractivity contribution in [3.63, 3.8) is 0 Å². The summed E-state index contributed by atoms with van der Waals surface area (Å²) in [6, 6.07) is 5.09. The van der Waals surface area contributed by atoms with Crippen molar-refractivity contribution >= 4 is 11.9 Å². The summed E-state index contributed by atoms with van der Waals surface area (Å²) in [5.41, 5.74) is 0.826. The Labute approximate surface area is 133 Å². The molecule has 23 heavy (non-hydrogen) atoms. The van der Waals surface area contributed by atoms with E-state index in [0.717, 1.165) is 5.56 Å². The quantitative estimate of drug-likeness (QED) is 0.802. The number of carbonyl (C=O) groups excluding carboxylic acids is 2. The number of amides is 3. The molecule has 0 aliphatic carbocycles. The molecular formula is C15H21F2N3O3. The SMILES string of the molecule is CCNC(=O)NC(=O)C(C)N(C)Cc1ccc(OC(F)F)cc1. The van der Waals surface area contributed by atoms with Crippen LogP contribution >= 0.6 is 0 Å². The molecule has 0 radical (unpaired) electrons. The highest BCUT2D eigenvalue weighted by Crippen LogP contribution is 2.16. The number of ether oxygens (including phenoxy) is 1. The van der Waals surface area contributed by atoms with Gasteiger partial charge in [0.05, 0.1) is 6.04 Å². The second-order valence-corrected chi connectivity index (χ2v) is 4.96. The molecule has 1 rings (SSSR count). The number of hydrogen-bond acceptors (Lipinski definition) is 4. The Morgan fingerprint density at radius 1 is 1.26 bits per heavy atom. The number of carbonyl (C=O) groups is 2. The molecule has 2 N–H and O–H groups in total. The summed E-state index contributed by atoms with van der Waals surface area (Å²) in [5, 5.41) is 4.72. The Morgan fingerprint density at radius 3 is 2.39 bits per heavy atom. The van der Waals surface area contributed by atoms with Gasteiger partial charge in [-0.3, -0.25) is 15.0 Å². The van der Waals surface area contributed by atoms with E-state index in [4.69, 9.17) is 0 Å². The van der Waals surface area contributed by atoms with Crippen LogP contribution in [-0.4, -0.2) is 43.1 Å². The van der Waals surface area contributed by atoms with E-state index in [0.29, 0.717) is 13.1 Å². The lowest BCUT2D eigenvalue weighted by atomic mass is 10.2. The zero-order chi connectivity index (χ0) is 17.4. The summed E-state index contributed by atoms with van der Waals surface area (Å²) < 4.78 is 28.4. The van der Waals surface area contributed by atoms with Crippen LogP contribution in [0.25, 0.3) is 0 Å². The third kappa shape index (κ3) is 6.60. The lowest BCUT2D eigenvalue weighted by Crippen LogP contribution is -2.48. The molecule has 6 nitrogen and oxygen atoms in total. The number of nitrogens with zero attached hydrogens (tertiary/aromatic N) is 1. The molecule has 0 saturated carbocycles. The topological polar surface area (TPSA) is 70.7 Å². The lowest BCUT2D eigenvalue weighted by molar-refractivity contribution is -0.124. The van der Waals surface area contributed by atoms with Crippen molar-refractivity contribution in [2.24, 2.45) is 0 Å². The van der Waals surface area contributed by atoms with Gasteiger partial charge in [-0.15, -0.1) is 0 Å². The largest absolute Gasteiger partial charge is 0.435 e. The molecule has 1 aromatic rings. The maximum atomic E-state index is 12.1. The van der Waals surface area contributed by atoms with Crippen molar-refractivity contribution < 1.29 is 23.1 Å². The Morgan fingerprint density at radius 2 is 1.87 bits per heavy atom. The first-order chi connectivity index (χ1) is 10.8. The van der Waals surface area contributed by atoms with Crippen molar-refractivity contribution in [1.29, 1.82) is 0 Å². The maximum Gasteiger partial charge on any atom is 0.387 e. The van der Waals surface area contributed by atoms with E-state index < -0.39 is 24.6 Å². The predicted octanol–water partition coefficient (Wildman–Crippen LogP) is 1.95. The molecule has 3 amide bonds. The Balaban J connectivity index is 2.55. The van der Waals surface area contributed by atoms with E-state index >= 15 is 0 Å². The fraction of sp³-hybridized carbons (Fsp3) is 0.467. The fourth-order valence-corrected chi connectivity index (χ4v) is 1.82. The monoisotopic (exact) mass is 329 g/mol. The normalized spacial score (nSPS) is 12.1. The zero-order valence-corrected chi connectivity index (χ0v) is 13.3. The molecule has 0 aliphatic heterocycles. The molecule has 0 spiro atoms. The number of benzene rings is 1. The van der Waals surface area contributed by atoms with E-state index in [1.54, 1.807) is 37.9 Å². The third-order valence-electron chi connectivity index (χ3n) is 3.20. The summed E-state index contributed by atoms with van der Waals surface area (Å²) in [5.74, 6) is -0.343. The summed E-state index contributed by atoms with van der Waals surface area (Å²) >= 11 is 0. The second kappa shape index (κ2) is 9.04. The van der Waals surface area contributed by atoms with Crippen molar-refractivity contribution in [2.45, 2.75) is 33.0 Å². The lowest BCUT2D eigenvalue weighted by Gasteiger charge is -2.23. The van der Waals surface area contributed by atoms with Crippen LogP contribution in [-0.2, 0) is 11.3 Å². The first-order valence-corrected chi connectivity index (χ1v) is 7.16. The number of imide groups is 1. The molecule has 0 heterocycles. The fourth-order valence-electron chi connectivity index (χ4n) is 1.82. The number of urea groups is 1. The second-order valence-electron chi connectivity index (χ2n) is 4.96. The van der Waals surface area contributed by atoms with Gasteiger partial charge >= 0.3 is 12.6 Å². The molecule has 0 aliphatic rings. The highest BCUT2D eigenvalue weighted by Gasteiger charge is 2.20. The summed E-state index contributed by atoms with van der Waals surface area (Å²) in [7, 11) is 1.73. The van der Waals surface area contributed by atoms with Gasteiger partial charge < -0.3 is 10.1 Å². The Bertz CT molecular complexity index is 523. The predicted molar refractivity (Wildman–Crippen MR) is 81.2 cm³/mol. The maximum absolute atomic E-state index is 12.1. The number of halogens is 2. The number of nitrogens with one attached hydrogen (secondary N) is 2. The van der Waals surface area contributed by atoms with Crippen LogP contribution in [0, 0.1) is 0 Å². The highest BCUT2D eigenvalue weighted by atomic mass is 19.3. The van der Waals surface area contributed by atoms with Gasteiger partial charge in [0.25, 0.3) is 0 Å². The van der Waals surface area contributed by atoms with Gasteiger partial charge in [0, 0.05) is 13.1 Å². The average molecular weight is 329 g/mol. The molecule has 1 unspecified atom stereocenters. The van der Waals surface area contributed by atoms with Crippen LogP contribution < -0.4 is 15.4 Å². The van der Waals surface area contributed by atoms with E-state index in [2.05, 4.69) is 15.4 Å². The molecule has 0 saturated heterocycles. The van der Waals surface area contributed by atoms with Gasteiger partial charge in [-0.1, -0.05) is 12.1 Å².